The van der Waals surface area contributed by atoms with Crippen LogP contribution >= 0.6 is 0 Å². The molecule has 0 saturated heterocycles. The second-order valence-electron chi connectivity index (χ2n) is 5.55. The number of methoxy groups -OCH3 is 1. The summed E-state index contributed by atoms with van der Waals surface area (Å²) in [5.74, 6) is -0.270. The van der Waals surface area contributed by atoms with Gasteiger partial charge in [0.2, 0.25) is 0 Å². The van der Waals surface area contributed by atoms with Gasteiger partial charge in [0.15, 0.2) is 6.61 Å². The van der Waals surface area contributed by atoms with E-state index < -0.39 is 5.97 Å². The van der Waals surface area contributed by atoms with Crippen LogP contribution in [-0.4, -0.2) is 31.6 Å². The van der Waals surface area contributed by atoms with Gasteiger partial charge in [0.05, 0.1) is 7.11 Å². The lowest BCUT2D eigenvalue weighted by Gasteiger charge is -2.15. The van der Waals surface area contributed by atoms with Crippen LogP contribution in [-0.2, 0) is 16.0 Å². The molecule has 1 aliphatic carbocycles. The van der Waals surface area contributed by atoms with Gasteiger partial charge in [-0.1, -0.05) is 24.3 Å². The van der Waals surface area contributed by atoms with E-state index >= 15 is 0 Å². The van der Waals surface area contributed by atoms with Crippen molar-refractivity contribution in [3.8, 4) is 5.75 Å². The van der Waals surface area contributed by atoms with Gasteiger partial charge in [0.1, 0.15) is 11.3 Å². The fraction of sp³-hybridized carbons (Fsp3) is 0.412. The SMILES string of the molecule is C=C(C)Cc1cccc(C(=O)OC)c1OCC(=O)NC1CC1. The van der Waals surface area contributed by atoms with E-state index in [4.69, 9.17) is 9.47 Å². The van der Waals surface area contributed by atoms with Crippen molar-refractivity contribution in [2.24, 2.45) is 0 Å². The number of hydrogen-bond donors (Lipinski definition) is 1. The fourth-order valence-corrected chi connectivity index (χ4v) is 2.13. The van der Waals surface area contributed by atoms with Crippen molar-refractivity contribution in [1.29, 1.82) is 0 Å². The zero-order valence-electron chi connectivity index (χ0n) is 13.0. The van der Waals surface area contributed by atoms with E-state index in [1.54, 1.807) is 12.1 Å². The van der Waals surface area contributed by atoms with Crippen molar-refractivity contribution in [2.45, 2.75) is 32.2 Å². The van der Waals surface area contributed by atoms with E-state index in [1.807, 2.05) is 13.0 Å². The van der Waals surface area contributed by atoms with Crippen LogP contribution in [0.15, 0.2) is 30.4 Å². The van der Waals surface area contributed by atoms with Crippen molar-refractivity contribution in [2.75, 3.05) is 13.7 Å². The third-order valence-corrected chi connectivity index (χ3v) is 3.28. The van der Waals surface area contributed by atoms with Crippen molar-refractivity contribution in [3.05, 3.63) is 41.5 Å². The van der Waals surface area contributed by atoms with E-state index in [0.29, 0.717) is 17.7 Å². The first kappa shape index (κ1) is 16.1. The summed E-state index contributed by atoms with van der Waals surface area (Å²) in [7, 11) is 1.32. The van der Waals surface area contributed by atoms with Gasteiger partial charge >= 0.3 is 5.97 Å². The highest BCUT2D eigenvalue weighted by atomic mass is 16.5. The van der Waals surface area contributed by atoms with Crippen molar-refractivity contribution >= 4 is 11.9 Å². The van der Waals surface area contributed by atoms with Crippen molar-refractivity contribution in [1.82, 2.24) is 5.32 Å². The molecule has 1 aliphatic rings. The summed E-state index contributed by atoms with van der Waals surface area (Å²) in [5, 5.41) is 2.85. The number of allylic oxidation sites excluding steroid dienone is 1. The van der Waals surface area contributed by atoms with Crippen LogP contribution in [0.2, 0.25) is 0 Å². The molecule has 5 nitrogen and oxygen atoms in total. The molecule has 0 aliphatic heterocycles. The quantitative estimate of drug-likeness (QED) is 0.620. The number of amides is 1. The lowest BCUT2D eigenvalue weighted by molar-refractivity contribution is -0.123. The van der Waals surface area contributed by atoms with Gasteiger partial charge in [-0.15, -0.1) is 0 Å². The number of esters is 1. The third kappa shape index (κ3) is 4.35. The second-order valence-corrected chi connectivity index (χ2v) is 5.55. The lowest BCUT2D eigenvalue weighted by atomic mass is 10.0. The molecule has 1 fully saturated rings. The molecule has 22 heavy (non-hydrogen) atoms. The zero-order valence-corrected chi connectivity index (χ0v) is 13.0. The topological polar surface area (TPSA) is 64.6 Å². The molecular weight excluding hydrogens is 282 g/mol. The number of carbonyl (C=O) groups excluding carboxylic acids is 2. The van der Waals surface area contributed by atoms with E-state index in [-0.39, 0.29) is 18.6 Å². The van der Waals surface area contributed by atoms with Gasteiger partial charge in [-0.05, 0) is 37.8 Å². The summed E-state index contributed by atoms with van der Waals surface area (Å²) in [6, 6.07) is 5.53. The van der Waals surface area contributed by atoms with Crippen LogP contribution in [0.1, 0.15) is 35.7 Å². The number of ether oxygens (including phenoxy) is 2. The number of benzene rings is 1. The van der Waals surface area contributed by atoms with Gasteiger partial charge in [0, 0.05) is 6.04 Å². The Balaban J connectivity index is 2.17. The Hall–Kier alpha value is -2.30. The van der Waals surface area contributed by atoms with Crippen LogP contribution in [0.4, 0.5) is 0 Å². The summed E-state index contributed by atoms with van der Waals surface area (Å²) in [6.45, 7) is 5.66. The maximum atomic E-state index is 11.9. The highest BCUT2D eigenvalue weighted by Crippen LogP contribution is 2.27. The van der Waals surface area contributed by atoms with Gasteiger partial charge in [-0.3, -0.25) is 4.79 Å². The third-order valence-electron chi connectivity index (χ3n) is 3.28. The molecule has 0 bridgehead atoms. The van der Waals surface area contributed by atoms with Crippen LogP contribution in [0.3, 0.4) is 0 Å². The van der Waals surface area contributed by atoms with E-state index in [9.17, 15) is 9.59 Å². The number of para-hydroxylation sites is 1. The normalized spacial score (nSPS) is 13.4. The fourth-order valence-electron chi connectivity index (χ4n) is 2.13. The molecular formula is C17H21NO4. The van der Waals surface area contributed by atoms with E-state index in [2.05, 4.69) is 11.9 Å². The first-order valence-corrected chi connectivity index (χ1v) is 7.28. The molecule has 2 rings (SSSR count). The molecule has 1 N–H and O–H groups in total. The smallest absolute Gasteiger partial charge is 0.341 e. The zero-order chi connectivity index (χ0) is 16.1. The Bertz CT molecular complexity index is 590. The largest absolute Gasteiger partial charge is 0.483 e. The Morgan fingerprint density at radius 1 is 1.36 bits per heavy atom. The van der Waals surface area contributed by atoms with Gasteiger partial charge in [0.25, 0.3) is 5.91 Å². The highest BCUT2D eigenvalue weighted by Gasteiger charge is 2.24. The molecule has 1 aromatic carbocycles. The minimum Gasteiger partial charge on any atom is -0.483 e. The summed E-state index contributed by atoms with van der Waals surface area (Å²) >= 11 is 0. The molecule has 0 spiro atoms. The average Bonchev–Trinajstić information content (AvgIpc) is 3.28. The van der Waals surface area contributed by atoms with Gasteiger partial charge < -0.3 is 14.8 Å². The van der Waals surface area contributed by atoms with Crippen LogP contribution in [0.5, 0.6) is 5.75 Å². The number of rotatable bonds is 7. The summed E-state index contributed by atoms with van der Waals surface area (Å²) in [4.78, 5) is 23.7. The standard InChI is InChI=1S/C17H21NO4/c1-11(2)9-12-5-4-6-14(17(20)21-3)16(12)22-10-15(19)18-13-7-8-13/h4-6,13H,1,7-10H2,2-3H3,(H,18,19). The molecule has 0 atom stereocenters. The predicted octanol–water partition coefficient (Wildman–Crippen LogP) is 2.25. The molecule has 1 amide bonds. The predicted molar refractivity (Wildman–Crippen MR) is 83.0 cm³/mol. The van der Waals surface area contributed by atoms with E-state index in [0.717, 1.165) is 24.0 Å². The Morgan fingerprint density at radius 2 is 2.09 bits per heavy atom. The minimum absolute atomic E-state index is 0.117. The summed E-state index contributed by atoms with van der Waals surface area (Å²) in [6.07, 6.45) is 2.61. The maximum absolute atomic E-state index is 11.9. The Morgan fingerprint density at radius 3 is 2.68 bits per heavy atom. The Labute approximate surface area is 130 Å². The molecule has 1 saturated carbocycles. The van der Waals surface area contributed by atoms with Crippen molar-refractivity contribution < 1.29 is 19.1 Å². The highest BCUT2D eigenvalue weighted by molar-refractivity contribution is 5.93. The maximum Gasteiger partial charge on any atom is 0.341 e. The number of nitrogens with one attached hydrogen (secondary N) is 1. The second kappa shape index (κ2) is 7.11. The van der Waals surface area contributed by atoms with Crippen LogP contribution in [0, 0.1) is 0 Å². The molecule has 1 aromatic rings. The lowest BCUT2D eigenvalue weighted by Crippen LogP contribution is -2.31. The van der Waals surface area contributed by atoms with Crippen molar-refractivity contribution in [3.63, 3.8) is 0 Å². The summed E-state index contributed by atoms with van der Waals surface area (Å²) in [5.41, 5.74) is 2.07. The molecule has 0 unspecified atom stereocenters. The molecule has 0 radical (unpaired) electrons. The van der Waals surface area contributed by atoms with E-state index in [1.165, 1.54) is 7.11 Å². The Kier molecular flexibility index (Phi) is 5.20. The molecule has 5 heteroatoms. The minimum atomic E-state index is -0.485. The summed E-state index contributed by atoms with van der Waals surface area (Å²) < 4.78 is 10.4. The molecule has 0 aromatic heterocycles. The molecule has 0 heterocycles. The average molecular weight is 303 g/mol. The first-order valence-electron chi connectivity index (χ1n) is 7.28. The number of carbonyl (C=O) groups is 2. The van der Waals surface area contributed by atoms with Gasteiger partial charge in [-0.25, -0.2) is 4.79 Å². The van der Waals surface area contributed by atoms with Crippen LogP contribution < -0.4 is 10.1 Å². The van der Waals surface area contributed by atoms with Gasteiger partial charge in [-0.2, -0.15) is 0 Å². The molecule has 118 valence electrons. The monoisotopic (exact) mass is 303 g/mol. The van der Waals surface area contributed by atoms with Crippen LogP contribution in [0.25, 0.3) is 0 Å². The number of hydrogen-bond acceptors (Lipinski definition) is 4. The first-order chi connectivity index (χ1) is 10.5.